The predicted octanol–water partition coefficient (Wildman–Crippen LogP) is 4.70. The van der Waals surface area contributed by atoms with Gasteiger partial charge < -0.3 is 0 Å². The molecule has 0 spiro atoms. The van der Waals surface area contributed by atoms with E-state index in [9.17, 15) is 4.21 Å². The molecule has 122 valence electrons. The number of fused-ring (bicyclic) bond motifs is 1. The summed E-state index contributed by atoms with van der Waals surface area (Å²) >= 11 is 0. The van der Waals surface area contributed by atoms with Gasteiger partial charge in [0.2, 0.25) is 4.87 Å². The van der Waals surface area contributed by atoms with Crippen LogP contribution < -0.4 is 0 Å². The molecule has 4 unspecified atom stereocenters. The molecule has 0 aliphatic carbocycles. The zero-order chi connectivity index (χ0) is 16.9. The molecule has 0 N–H and O–H groups in total. The molecule has 5 rings (SSSR count). The Balaban J connectivity index is 1.76. The minimum absolute atomic E-state index is 0.239. The number of hydrogen-bond acceptors (Lipinski definition) is 3. The Bertz CT molecular complexity index is 975. The molecule has 0 saturated carbocycles. The Kier molecular flexibility index (Phi) is 3.06. The Morgan fingerprint density at radius 2 is 1.24 bits per heavy atom. The maximum absolute atomic E-state index is 13.5. The minimum Gasteiger partial charge on any atom is -0.255 e. The summed E-state index contributed by atoms with van der Waals surface area (Å²) in [4.78, 5) is -0.782. The topological polar surface area (TPSA) is 41.8 Å². The van der Waals surface area contributed by atoms with Crippen LogP contribution in [0.3, 0.4) is 0 Å². The highest BCUT2D eigenvalue weighted by Gasteiger charge is 2.85. The summed E-state index contributed by atoms with van der Waals surface area (Å²) in [6, 6.07) is 29.8. The van der Waals surface area contributed by atoms with Crippen LogP contribution in [0.4, 0.5) is 0 Å². The van der Waals surface area contributed by atoms with Gasteiger partial charge in [-0.15, -0.1) is 0 Å². The molecule has 3 aromatic carbocycles. The van der Waals surface area contributed by atoms with Crippen molar-refractivity contribution in [3.8, 4) is 0 Å². The number of hydrogen-bond donors (Lipinski definition) is 0. The maximum atomic E-state index is 13.5. The van der Waals surface area contributed by atoms with E-state index >= 15 is 0 Å². The van der Waals surface area contributed by atoms with Crippen molar-refractivity contribution in [3.05, 3.63) is 108 Å². The van der Waals surface area contributed by atoms with E-state index in [0.717, 1.165) is 16.7 Å². The normalized spacial score (nSPS) is 32.3. The molecule has 1 saturated heterocycles. The lowest BCUT2D eigenvalue weighted by Crippen LogP contribution is -2.23. The standard InChI is InChI=1S/C21H16N2OS/c24-25-20(17-12-6-2-7-13-17)19(16-10-4-1-5-11-16)22-23-21(20,25)18-14-8-3-9-15-18/h1-15,19H. The van der Waals surface area contributed by atoms with Crippen LogP contribution in [-0.2, 0) is 20.4 Å². The Hall–Kier alpha value is -2.59. The van der Waals surface area contributed by atoms with Crippen LogP contribution in [0.15, 0.2) is 101 Å². The average molecular weight is 344 g/mol. The second-order valence-electron chi connectivity index (χ2n) is 6.41. The summed E-state index contributed by atoms with van der Waals surface area (Å²) in [7, 11) is -1.17. The van der Waals surface area contributed by atoms with E-state index < -0.39 is 20.4 Å². The second kappa shape index (κ2) is 5.20. The van der Waals surface area contributed by atoms with Crippen LogP contribution in [0.1, 0.15) is 22.7 Å². The second-order valence-corrected chi connectivity index (χ2v) is 8.18. The van der Waals surface area contributed by atoms with Gasteiger partial charge in [-0.05, 0) is 16.7 Å². The van der Waals surface area contributed by atoms with Gasteiger partial charge in [0, 0.05) is 0 Å². The highest BCUT2D eigenvalue weighted by atomic mass is 32.2. The summed E-state index contributed by atoms with van der Waals surface area (Å²) < 4.78 is 12.9. The molecule has 4 heteroatoms. The first-order valence-corrected chi connectivity index (χ1v) is 9.47. The molecule has 0 amide bonds. The molecular weight excluding hydrogens is 328 g/mol. The molecule has 0 bridgehead atoms. The molecule has 2 aliphatic rings. The molecule has 1 fully saturated rings. The zero-order valence-corrected chi connectivity index (χ0v) is 14.3. The highest BCUT2D eigenvalue weighted by molar-refractivity contribution is 7.94. The summed E-state index contributed by atoms with van der Waals surface area (Å²) in [5.74, 6) is 0. The molecule has 2 heterocycles. The fourth-order valence-electron chi connectivity index (χ4n) is 4.05. The van der Waals surface area contributed by atoms with Crippen molar-refractivity contribution in [1.82, 2.24) is 0 Å². The quantitative estimate of drug-likeness (QED) is 0.635. The van der Waals surface area contributed by atoms with Gasteiger partial charge in [0.25, 0.3) is 0 Å². The van der Waals surface area contributed by atoms with Crippen LogP contribution in [0.25, 0.3) is 0 Å². The summed E-state index contributed by atoms with van der Waals surface area (Å²) in [6.07, 6.45) is 0. The van der Waals surface area contributed by atoms with Gasteiger partial charge in [-0.3, -0.25) is 4.21 Å². The summed E-state index contributed by atoms with van der Waals surface area (Å²) in [5.41, 5.74) is 3.06. The van der Waals surface area contributed by atoms with Crippen molar-refractivity contribution in [1.29, 1.82) is 0 Å². The van der Waals surface area contributed by atoms with E-state index in [2.05, 4.69) is 22.4 Å². The monoisotopic (exact) mass is 344 g/mol. The Morgan fingerprint density at radius 3 is 1.84 bits per heavy atom. The van der Waals surface area contributed by atoms with E-state index in [1.807, 2.05) is 78.9 Å². The van der Waals surface area contributed by atoms with Crippen molar-refractivity contribution in [2.24, 2.45) is 10.2 Å². The largest absolute Gasteiger partial charge is 0.255 e. The summed E-state index contributed by atoms with van der Waals surface area (Å²) in [6.45, 7) is 0. The number of azo groups is 1. The highest BCUT2D eigenvalue weighted by Crippen LogP contribution is 2.76. The summed E-state index contributed by atoms with van der Waals surface area (Å²) in [5, 5.41) is 9.24. The lowest BCUT2D eigenvalue weighted by Gasteiger charge is -2.20. The molecule has 2 aliphatic heterocycles. The lowest BCUT2D eigenvalue weighted by atomic mass is 9.81. The van der Waals surface area contributed by atoms with E-state index in [1.165, 1.54) is 0 Å². The van der Waals surface area contributed by atoms with Crippen LogP contribution in [0.5, 0.6) is 0 Å². The molecular formula is C21H16N2OS. The molecule has 3 nitrogen and oxygen atoms in total. The van der Waals surface area contributed by atoms with Crippen molar-refractivity contribution in [3.63, 3.8) is 0 Å². The first-order chi connectivity index (χ1) is 12.3. The average Bonchev–Trinajstić information content (AvgIpc) is 3.05. The number of benzene rings is 3. The van der Waals surface area contributed by atoms with Gasteiger partial charge in [0.15, 0.2) is 0 Å². The van der Waals surface area contributed by atoms with Crippen molar-refractivity contribution in [2.45, 2.75) is 15.7 Å². The molecule has 4 atom stereocenters. The smallest absolute Gasteiger partial charge is 0.205 e. The SMILES string of the molecule is O=S1C2(c3ccccc3)N=NC(c3ccccc3)C12c1ccccc1. The van der Waals surface area contributed by atoms with Crippen molar-refractivity contribution >= 4 is 10.8 Å². The van der Waals surface area contributed by atoms with E-state index in [-0.39, 0.29) is 6.04 Å². The lowest BCUT2D eigenvalue weighted by molar-refractivity contribution is 0.544. The van der Waals surface area contributed by atoms with Gasteiger partial charge in [-0.1, -0.05) is 91.0 Å². The fraction of sp³-hybridized carbons (Fsp3) is 0.143. The van der Waals surface area contributed by atoms with Crippen LogP contribution >= 0.6 is 0 Å². The first-order valence-electron chi connectivity index (χ1n) is 8.32. The van der Waals surface area contributed by atoms with Gasteiger partial charge >= 0.3 is 0 Å². The van der Waals surface area contributed by atoms with Crippen LogP contribution in [0, 0.1) is 0 Å². The van der Waals surface area contributed by atoms with Crippen LogP contribution in [0.2, 0.25) is 0 Å². The van der Waals surface area contributed by atoms with E-state index in [1.54, 1.807) is 0 Å². The Labute approximate surface area is 148 Å². The molecule has 25 heavy (non-hydrogen) atoms. The third kappa shape index (κ3) is 1.72. The van der Waals surface area contributed by atoms with E-state index in [0.29, 0.717) is 0 Å². The first kappa shape index (κ1) is 14.7. The van der Waals surface area contributed by atoms with Gasteiger partial charge in [-0.2, -0.15) is 10.2 Å². The third-order valence-corrected chi connectivity index (χ3v) is 7.52. The van der Waals surface area contributed by atoms with E-state index in [4.69, 9.17) is 0 Å². The predicted molar refractivity (Wildman–Crippen MR) is 98.4 cm³/mol. The molecule has 0 radical (unpaired) electrons. The molecule has 0 aromatic heterocycles. The van der Waals surface area contributed by atoms with Gasteiger partial charge in [0.05, 0.1) is 10.8 Å². The maximum Gasteiger partial charge on any atom is 0.205 e. The minimum atomic E-state index is -1.17. The fourth-order valence-corrected chi connectivity index (χ4v) is 6.37. The number of rotatable bonds is 3. The Morgan fingerprint density at radius 1 is 0.720 bits per heavy atom. The van der Waals surface area contributed by atoms with Gasteiger partial charge in [-0.25, -0.2) is 0 Å². The van der Waals surface area contributed by atoms with Crippen molar-refractivity contribution in [2.75, 3.05) is 0 Å². The number of nitrogens with zero attached hydrogens (tertiary/aromatic N) is 2. The molecule has 3 aromatic rings. The van der Waals surface area contributed by atoms with Crippen molar-refractivity contribution < 1.29 is 4.21 Å². The third-order valence-electron chi connectivity index (χ3n) is 5.20. The van der Waals surface area contributed by atoms with Crippen LogP contribution in [-0.4, -0.2) is 4.21 Å². The zero-order valence-electron chi connectivity index (χ0n) is 13.4. The van der Waals surface area contributed by atoms with Gasteiger partial charge in [0.1, 0.15) is 10.8 Å².